The first-order valence-electron chi connectivity index (χ1n) is 8.81. The minimum Gasteiger partial charge on any atom is -0.357 e. The molecule has 1 saturated heterocycles. The zero-order valence-electron chi connectivity index (χ0n) is 14.1. The number of piperidine rings is 1. The molecule has 4 nitrogen and oxygen atoms in total. The van der Waals surface area contributed by atoms with Crippen molar-refractivity contribution >= 4 is 28.2 Å². The summed E-state index contributed by atoms with van der Waals surface area (Å²) in [5.74, 6) is 0.829. The highest BCUT2D eigenvalue weighted by Crippen LogP contribution is 2.24. The summed E-state index contributed by atoms with van der Waals surface area (Å²) in [4.78, 5) is 19.4. The Kier molecular flexibility index (Phi) is 4.34. The van der Waals surface area contributed by atoms with E-state index < -0.39 is 0 Å². The lowest BCUT2D eigenvalue weighted by molar-refractivity contribution is 0.102. The molecule has 1 aliphatic heterocycles. The molecule has 0 saturated carbocycles. The van der Waals surface area contributed by atoms with Crippen LogP contribution < -0.4 is 10.2 Å². The Morgan fingerprint density at radius 3 is 2.52 bits per heavy atom. The van der Waals surface area contributed by atoms with E-state index in [0.717, 1.165) is 35.4 Å². The van der Waals surface area contributed by atoms with Crippen molar-refractivity contribution < 1.29 is 4.79 Å². The van der Waals surface area contributed by atoms with Gasteiger partial charge in [-0.25, -0.2) is 4.98 Å². The normalized spacial score (nSPS) is 14.5. The van der Waals surface area contributed by atoms with E-state index in [1.807, 2.05) is 54.6 Å². The van der Waals surface area contributed by atoms with Crippen LogP contribution in [-0.2, 0) is 0 Å². The molecule has 1 N–H and O–H groups in total. The number of nitrogens with zero attached hydrogens (tertiary/aromatic N) is 2. The second-order valence-electron chi connectivity index (χ2n) is 6.43. The monoisotopic (exact) mass is 331 g/mol. The predicted octanol–water partition coefficient (Wildman–Crippen LogP) is 4.48. The SMILES string of the molecule is O=C(Nc1cccc2ccccc12)c1ccc(N2CCCCC2)nc1. The number of nitrogens with one attached hydrogen (secondary N) is 1. The van der Waals surface area contributed by atoms with Crippen LogP contribution in [0.1, 0.15) is 29.6 Å². The first-order chi connectivity index (χ1) is 12.3. The van der Waals surface area contributed by atoms with Gasteiger partial charge in [-0.15, -0.1) is 0 Å². The van der Waals surface area contributed by atoms with E-state index in [-0.39, 0.29) is 5.91 Å². The molecular weight excluding hydrogens is 310 g/mol. The number of carbonyl (C=O) groups excluding carboxylic acids is 1. The number of hydrogen-bond acceptors (Lipinski definition) is 3. The fourth-order valence-electron chi connectivity index (χ4n) is 3.36. The Hall–Kier alpha value is -2.88. The van der Waals surface area contributed by atoms with Gasteiger partial charge in [-0.3, -0.25) is 4.79 Å². The molecule has 3 aromatic rings. The van der Waals surface area contributed by atoms with Gasteiger partial charge in [-0.2, -0.15) is 0 Å². The van der Waals surface area contributed by atoms with Crippen LogP contribution in [0, 0.1) is 0 Å². The van der Waals surface area contributed by atoms with Crippen LogP contribution in [0.15, 0.2) is 60.8 Å². The zero-order chi connectivity index (χ0) is 17.1. The van der Waals surface area contributed by atoms with Gasteiger partial charge in [0.2, 0.25) is 0 Å². The molecule has 0 spiro atoms. The smallest absolute Gasteiger partial charge is 0.257 e. The third-order valence-corrected chi connectivity index (χ3v) is 4.73. The van der Waals surface area contributed by atoms with E-state index >= 15 is 0 Å². The number of carbonyl (C=O) groups is 1. The number of benzene rings is 2. The fraction of sp³-hybridized carbons (Fsp3) is 0.238. The van der Waals surface area contributed by atoms with Gasteiger partial charge >= 0.3 is 0 Å². The summed E-state index contributed by atoms with van der Waals surface area (Å²) in [7, 11) is 0. The van der Waals surface area contributed by atoms with E-state index in [1.54, 1.807) is 6.20 Å². The highest BCUT2D eigenvalue weighted by molar-refractivity contribution is 6.09. The van der Waals surface area contributed by atoms with Gasteiger partial charge in [0.25, 0.3) is 5.91 Å². The highest BCUT2D eigenvalue weighted by Gasteiger charge is 2.13. The van der Waals surface area contributed by atoms with Gasteiger partial charge in [-0.1, -0.05) is 36.4 Å². The molecule has 1 aliphatic rings. The maximum absolute atomic E-state index is 12.6. The van der Waals surface area contributed by atoms with Crippen LogP contribution in [0.5, 0.6) is 0 Å². The highest BCUT2D eigenvalue weighted by atomic mass is 16.1. The molecular formula is C21H21N3O. The number of aromatic nitrogens is 1. The van der Waals surface area contributed by atoms with Gasteiger partial charge in [0.1, 0.15) is 5.82 Å². The zero-order valence-corrected chi connectivity index (χ0v) is 14.1. The van der Waals surface area contributed by atoms with Gasteiger partial charge in [0.15, 0.2) is 0 Å². The van der Waals surface area contributed by atoms with E-state index in [2.05, 4.69) is 15.2 Å². The second-order valence-corrected chi connectivity index (χ2v) is 6.43. The molecule has 1 fully saturated rings. The predicted molar refractivity (Wildman–Crippen MR) is 102 cm³/mol. The molecule has 0 atom stereocenters. The molecule has 25 heavy (non-hydrogen) atoms. The number of amides is 1. The van der Waals surface area contributed by atoms with E-state index in [1.165, 1.54) is 19.3 Å². The van der Waals surface area contributed by atoms with Gasteiger partial charge in [0, 0.05) is 30.4 Å². The summed E-state index contributed by atoms with van der Waals surface area (Å²) >= 11 is 0. The van der Waals surface area contributed by atoms with Crippen molar-refractivity contribution in [1.29, 1.82) is 0 Å². The van der Waals surface area contributed by atoms with Gasteiger partial charge < -0.3 is 10.2 Å². The lowest BCUT2D eigenvalue weighted by Crippen LogP contribution is -2.30. The first-order valence-corrected chi connectivity index (χ1v) is 8.81. The van der Waals surface area contributed by atoms with Crippen molar-refractivity contribution in [3.8, 4) is 0 Å². The third-order valence-electron chi connectivity index (χ3n) is 4.73. The van der Waals surface area contributed by atoms with Crippen LogP contribution in [0.2, 0.25) is 0 Å². The molecule has 126 valence electrons. The Morgan fingerprint density at radius 1 is 0.920 bits per heavy atom. The van der Waals surface area contributed by atoms with Crippen LogP contribution in [0.25, 0.3) is 10.8 Å². The maximum atomic E-state index is 12.6. The summed E-state index contributed by atoms with van der Waals surface area (Å²) in [5.41, 5.74) is 1.40. The summed E-state index contributed by atoms with van der Waals surface area (Å²) in [6, 6.07) is 17.8. The molecule has 0 bridgehead atoms. The van der Waals surface area contributed by atoms with E-state index in [0.29, 0.717) is 5.56 Å². The van der Waals surface area contributed by atoms with Crippen molar-refractivity contribution in [2.75, 3.05) is 23.3 Å². The molecule has 0 radical (unpaired) electrons. The minimum atomic E-state index is -0.131. The molecule has 1 aromatic heterocycles. The third kappa shape index (κ3) is 3.33. The topological polar surface area (TPSA) is 45.2 Å². The molecule has 4 heteroatoms. The average molecular weight is 331 g/mol. The number of rotatable bonds is 3. The number of anilines is 2. The average Bonchev–Trinajstić information content (AvgIpc) is 2.69. The van der Waals surface area contributed by atoms with Gasteiger partial charge in [-0.05, 0) is 42.8 Å². The quantitative estimate of drug-likeness (QED) is 0.770. The lowest BCUT2D eigenvalue weighted by Gasteiger charge is -2.27. The standard InChI is InChI=1S/C21H21N3O/c25-21(23-19-10-6-8-16-7-2-3-9-18(16)19)17-11-12-20(22-15-17)24-13-4-1-5-14-24/h2-3,6-12,15H,1,4-5,13-14H2,(H,23,25). The fourth-order valence-corrected chi connectivity index (χ4v) is 3.36. The summed E-state index contributed by atoms with van der Waals surface area (Å²) in [6.45, 7) is 2.10. The lowest BCUT2D eigenvalue weighted by atomic mass is 10.1. The van der Waals surface area contributed by atoms with Crippen LogP contribution in [0.4, 0.5) is 11.5 Å². The van der Waals surface area contributed by atoms with Crippen molar-refractivity contribution in [1.82, 2.24) is 4.98 Å². The first kappa shape index (κ1) is 15.6. The second kappa shape index (κ2) is 6.93. The van der Waals surface area contributed by atoms with E-state index in [4.69, 9.17) is 0 Å². The number of pyridine rings is 1. The largest absolute Gasteiger partial charge is 0.357 e. The Balaban J connectivity index is 1.52. The van der Waals surface area contributed by atoms with Crippen molar-refractivity contribution in [3.05, 3.63) is 66.4 Å². The van der Waals surface area contributed by atoms with Crippen molar-refractivity contribution in [3.63, 3.8) is 0 Å². The minimum absolute atomic E-state index is 0.131. The Morgan fingerprint density at radius 2 is 1.72 bits per heavy atom. The summed E-state index contributed by atoms with van der Waals surface area (Å²) < 4.78 is 0. The Bertz CT molecular complexity index is 878. The summed E-state index contributed by atoms with van der Waals surface area (Å²) in [5, 5.41) is 5.16. The van der Waals surface area contributed by atoms with Crippen LogP contribution >= 0.6 is 0 Å². The van der Waals surface area contributed by atoms with Crippen molar-refractivity contribution in [2.24, 2.45) is 0 Å². The van der Waals surface area contributed by atoms with Gasteiger partial charge in [0.05, 0.1) is 5.56 Å². The molecule has 2 aromatic carbocycles. The van der Waals surface area contributed by atoms with Crippen LogP contribution in [-0.4, -0.2) is 24.0 Å². The Labute approximate surface area is 147 Å². The summed E-state index contributed by atoms with van der Waals surface area (Å²) in [6.07, 6.45) is 5.39. The van der Waals surface area contributed by atoms with E-state index in [9.17, 15) is 4.79 Å². The molecule has 4 rings (SSSR count). The molecule has 2 heterocycles. The molecule has 0 aliphatic carbocycles. The van der Waals surface area contributed by atoms with Crippen molar-refractivity contribution in [2.45, 2.75) is 19.3 Å². The molecule has 0 unspecified atom stereocenters. The van der Waals surface area contributed by atoms with Crippen LogP contribution in [0.3, 0.4) is 0 Å². The number of hydrogen-bond donors (Lipinski definition) is 1. The number of fused-ring (bicyclic) bond motifs is 1. The molecule has 1 amide bonds. The maximum Gasteiger partial charge on any atom is 0.257 e.